The molecule has 11 nitrogen and oxygen atoms in total. The molecule has 1 unspecified atom stereocenters. The summed E-state index contributed by atoms with van der Waals surface area (Å²) in [6.07, 6.45) is 2.77. The number of amides is 1. The van der Waals surface area contributed by atoms with Crippen LogP contribution in [0.25, 0.3) is 11.0 Å². The summed E-state index contributed by atoms with van der Waals surface area (Å²) in [6.45, 7) is 7.42. The number of fused-ring (bicyclic) bond motifs is 1. The molecule has 1 aliphatic rings. The lowest BCUT2D eigenvalue weighted by Crippen LogP contribution is -2.35. The Hall–Kier alpha value is -3.31. The second kappa shape index (κ2) is 10.3. The maximum atomic E-state index is 12.7. The molecule has 4 heterocycles. The summed E-state index contributed by atoms with van der Waals surface area (Å²) in [4.78, 5) is 31.3. The highest BCUT2D eigenvalue weighted by molar-refractivity contribution is 6.06. The Balaban J connectivity index is 1.86. The molecule has 1 saturated heterocycles. The molecule has 1 aliphatic heterocycles. The summed E-state index contributed by atoms with van der Waals surface area (Å²) in [6, 6.07) is 4.17. The van der Waals surface area contributed by atoms with Crippen LogP contribution in [-0.2, 0) is 11.3 Å². The molecular weight excluding hydrogens is 434 g/mol. The van der Waals surface area contributed by atoms with Gasteiger partial charge in [-0.05, 0) is 51.6 Å². The number of nitrogens with zero attached hydrogens (tertiary/aromatic N) is 7. The fourth-order valence-corrected chi connectivity index (χ4v) is 4.16. The van der Waals surface area contributed by atoms with E-state index < -0.39 is 0 Å². The van der Waals surface area contributed by atoms with Crippen molar-refractivity contribution in [3.8, 4) is 0 Å². The molecule has 1 amide bonds. The Labute approximate surface area is 199 Å². The largest absolute Gasteiger partial charge is 0.380 e. The predicted octanol–water partition coefficient (Wildman–Crippen LogP) is 1.81. The molecule has 0 bridgehead atoms. The van der Waals surface area contributed by atoms with Gasteiger partial charge in [-0.3, -0.25) is 9.48 Å². The van der Waals surface area contributed by atoms with Crippen LogP contribution in [0.15, 0.2) is 18.3 Å². The van der Waals surface area contributed by atoms with Crippen LogP contribution in [0.3, 0.4) is 0 Å². The fraction of sp³-hybridized carbons (Fsp3) is 0.522. The number of likely N-dealkylation sites (N-methyl/N-ethyl adjacent to an activating group) is 2. The number of aryl methyl sites for hydroxylation is 1. The van der Waals surface area contributed by atoms with Crippen LogP contribution < -0.4 is 15.5 Å². The zero-order valence-electron chi connectivity index (χ0n) is 20.5. The van der Waals surface area contributed by atoms with Crippen molar-refractivity contribution in [2.75, 3.05) is 57.7 Å². The molecule has 0 radical (unpaired) electrons. The molecule has 34 heavy (non-hydrogen) atoms. The van der Waals surface area contributed by atoms with Crippen molar-refractivity contribution in [3.05, 3.63) is 29.6 Å². The summed E-state index contributed by atoms with van der Waals surface area (Å²) in [5, 5.41) is 10.6. The van der Waals surface area contributed by atoms with Crippen LogP contribution in [0.1, 0.15) is 29.4 Å². The van der Waals surface area contributed by atoms with Crippen molar-refractivity contribution in [3.63, 3.8) is 0 Å². The molecule has 1 atom stereocenters. The van der Waals surface area contributed by atoms with Crippen molar-refractivity contribution < 1.29 is 9.53 Å². The number of rotatable bonds is 9. The van der Waals surface area contributed by atoms with E-state index in [1.807, 2.05) is 33.0 Å². The van der Waals surface area contributed by atoms with Gasteiger partial charge in [-0.2, -0.15) is 10.1 Å². The number of ether oxygens (including phenoxy) is 1. The van der Waals surface area contributed by atoms with E-state index in [0.29, 0.717) is 48.4 Å². The number of carbonyl (C=O) groups is 1. The maximum absolute atomic E-state index is 12.7. The van der Waals surface area contributed by atoms with E-state index in [0.717, 1.165) is 25.1 Å². The molecule has 4 rings (SSSR count). The van der Waals surface area contributed by atoms with Crippen LogP contribution in [0, 0.1) is 6.92 Å². The van der Waals surface area contributed by atoms with Gasteiger partial charge in [0.2, 0.25) is 5.95 Å². The maximum Gasteiger partial charge on any atom is 0.273 e. The number of carbonyl (C=O) groups excluding carboxylic acids is 1. The van der Waals surface area contributed by atoms with Gasteiger partial charge in [-0.25, -0.2) is 9.97 Å². The van der Waals surface area contributed by atoms with Gasteiger partial charge < -0.3 is 25.2 Å². The van der Waals surface area contributed by atoms with Crippen LogP contribution in [0.4, 0.5) is 17.6 Å². The zero-order valence-corrected chi connectivity index (χ0v) is 20.5. The van der Waals surface area contributed by atoms with Gasteiger partial charge in [0.1, 0.15) is 16.9 Å². The number of anilines is 3. The number of pyridine rings is 1. The van der Waals surface area contributed by atoms with Crippen LogP contribution in [-0.4, -0.2) is 89.0 Å². The van der Waals surface area contributed by atoms with Crippen molar-refractivity contribution in [1.82, 2.24) is 34.9 Å². The van der Waals surface area contributed by atoms with Gasteiger partial charge >= 0.3 is 0 Å². The smallest absolute Gasteiger partial charge is 0.273 e. The molecule has 0 saturated carbocycles. The minimum absolute atomic E-state index is 0.259. The first kappa shape index (κ1) is 23.8. The molecule has 11 heteroatoms. The summed E-state index contributed by atoms with van der Waals surface area (Å²) in [5.74, 6) is 1.45. The predicted molar refractivity (Wildman–Crippen MR) is 132 cm³/mol. The Morgan fingerprint density at radius 3 is 2.85 bits per heavy atom. The minimum atomic E-state index is -0.298. The van der Waals surface area contributed by atoms with E-state index in [1.165, 1.54) is 0 Å². The number of hydrogen-bond acceptors (Lipinski definition) is 9. The lowest BCUT2D eigenvalue weighted by molar-refractivity contribution is 0.0957. The Kier molecular flexibility index (Phi) is 7.23. The van der Waals surface area contributed by atoms with Gasteiger partial charge in [0.25, 0.3) is 5.91 Å². The van der Waals surface area contributed by atoms with Gasteiger partial charge in [0.05, 0.1) is 13.2 Å². The van der Waals surface area contributed by atoms with Crippen molar-refractivity contribution in [1.29, 1.82) is 0 Å². The van der Waals surface area contributed by atoms with Crippen molar-refractivity contribution in [2.45, 2.75) is 32.9 Å². The number of likely N-dealkylation sites (tertiary alicyclic amines) is 1. The standard InChI is InChI=1S/C23H33N9O2/c1-6-34-12-11-32-20-18(19(29-32)22(33)24-3)27-23(31(5)16-8-10-30(4)14-16)28-21(20)26-17-13-15(2)7-9-25-17/h7,9,13,16H,6,8,10-12,14H2,1-5H3,(H,24,33)(H,25,26,27,28). The van der Waals surface area contributed by atoms with Crippen LogP contribution in [0.5, 0.6) is 0 Å². The lowest BCUT2D eigenvalue weighted by atomic mass is 10.2. The minimum Gasteiger partial charge on any atom is -0.380 e. The molecule has 0 spiro atoms. The zero-order chi connectivity index (χ0) is 24.2. The highest BCUT2D eigenvalue weighted by Gasteiger charge is 2.28. The second-order valence-electron chi connectivity index (χ2n) is 8.58. The van der Waals surface area contributed by atoms with Gasteiger partial charge in [-0.15, -0.1) is 0 Å². The SMILES string of the molecule is CCOCCn1nc(C(=O)NC)c2nc(N(C)C3CCN(C)C3)nc(Nc3cc(C)ccn3)c21. The van der Waals surface area contributed by atoms with E-state index in [9.17, 15) is 4.79 Å². The molecule has 3 aromatic heterocycles. The molecule has 0 aromatic carbocycles. The second-order valence-corrected chi connectivity index (χ2v) is 8.58. The Morgan fingerprint density at radius 2 is 2.18 bits per heavy atom. The monoisotopic (exact) mass is 467 g/mol. The fourth-order valence-electron chi connectivity index (χ4n) is 4.16. The van der Waals surface area contributed by atoms with Crippen molar-refractivity contribution in [2.24, 2.45) is 0 Å². The molecule has 2 N–H and O–H groups in total. The van der Waals surface area contributed by atoms with Gasteiger partial charge in [0, 0.05) is 39.5 Å². The van der Waals surface area contributed by atoms with E-state index in [2.05, 4.69) is 37.6 Å². The van der Waals surface area contributed by atoms with E-state index >= 15 is 0 Å². The number of nitrogens with one attached hydrogen (secondary N) is 2. The summed E-state index contributed by atoms with van der Waals surface area (Å²) < 4.78 is 7.28. The first-order valence-electron chi connectivity index (χ1n) is 11.6. The third-order valence-corrected chi connectivity index (χ3v) is 6.06. The van der Waals surface area contributed by atoms with Crippen molar-refractivity contribution >= 4 is 34.5 Å². The molecule has 3 aromatic rings. The quantitative estimate of drug-likeness (QED) is 0.455. The highest BCUT2D eigenvalue weighted by Crippen LogP contribution is 2.29. The van der Waals surface area contributed by atoms with E-state index in [-0.39, 0.29) is 17.6 Å². The van der Waals surface area contributed by atoms with Gasteiger partial charge in [0.15, 0.2) is 11.5 Å². The van der Waals surface area contributed by atoms with E-state index in [4.69, 9.17) is 14.7 Å². The molecule has 0 aliphatic carbocycles. The highest BCUT2D eigenvalue weighted by atomic mass is 16.5. The summed E-state index contributed by atoms with van der Waals surface area (Å²) in [7, 11) is 5.70. The Bertz CT molecular complexity index is 1160. The first-order chi connectivity index (χ1) is 16.4. The van der Waals surface area contributed by atoms with Crippen LogP contribution >= 0.6 is 0 Å². The average Bonchev–Trinajstić information content (AvgIpc) is 3.42. The van der Waals surface area contributed by atoms with Gasteiger partial charge in [-0.1, -0.05) is 0 Å². The number of hydrogen-bond donors (Lipinski definition) is 2. The van der Waals surface area contributed by atoms with E-state index in [1.54, 1.807) is 17.9 Å². The third kappa shape index (κ3) is 4.95. The normalized spacial score (nSPS) is 16.2. The molecule has 182 valence electrons. The summed E-state index contributed by atoms with van der Waals surface area (Å²) >= 11 is 0. The lowest BCUT2D eigenvalue weighted by Gasteiger charge is -2.25. The number of aromatic nitrogens is 5. The topological polar surface area (TPSA) is 113 Å². The average molecular weight is 468 g/mol. The molecule has 1 fully saturated rings. The molecular formula is C23H33N9O2. The Morgan fingerprint density at radius 1 is 1.35 bits per heavy atom. The third-order valence-electron chi connectivity index (χ3n) is 6.06. The summed E-state index contributed by atoms with van der Waals surface area (Å²) in [5.41, 5.74) is 2.47. The van der Waals surface area contributed by atoms with Crippen LogP contribution in [0.2, 0.25) is 0 Å². The first-order valence-corrected chi connectivity index (χ1v) is 11.6.